The van der Waals surface area contributed by atoms with E-state index in [1.54, 1.807) is 17.9 Å². The molecule has 0 aliphatic carbocycles. The van der Waals surface area contributed by atoms with Crippen LogP contribution in [0.5, 0.6) is 11.5 Å². The van der Waals surface area contributed by atoms with Crippen molar-refractivity contribution < 1.29 is 27.4 Å². The molecule has 3 heterocycles. The molecule has 2 aliphatic rings. The molecule has 9 heteroatoms. The van der Waals surface area contributed by atoms with Crippen LogP contribution in [0.2, 0.25) is 5.02 Å². The van der Waals surface area contributed by atoms with Gasteiger partial charge in [0.15, 0.2) is 5.60 Å². The van der Waals surface area contributed by atoms with Crippen molar-refractivity contribution in [1.82, 2.24) is 9.47 Å². The van der Waals surface area contributed by atoms with Gasteiger partial charge in [0.1, 0.15) is 11.5 Å². The number of ether oxygens (including phenoxy) is 2. The van der Waals surface area contributed by atoms with Gasteiger partial charge in [-0.25, -0.2) is 0 Å². The number of alkyl halides is 3. The number of fused-ring (bicyclic) bond motifs is 4. The Bertz CT molecular complexity index is 1230. The zero-order valence-electron chi connectivity index (χ0n) is 17.7. The number of hydrogen-bond donors (Lipinski definition) is 0. The van der Waals surface area contributed by atoms with Crippen molar-refractivity contribution in [2.45, 2.75) is 31.7 Å². The largest absolute Gasteiger partial charge is 0.573 e. The number of nitrogens with zero attached hydrogens (tertiary/aromatic N) is 2. The zero-order valence-corrected chi connectivity index (χ0v) is 18.4. The van der Waals surface area contributed by atoms with Crippen LogP contribution in [0.25, 0.3) is 5.69 Å². The van der Waals surface area contributed by atoms with Crippen LogP contribution in [0.15, 0.2) is 54.7 Å². The van der Waals surface area contributed by atoms with Crippen LogP contribution < -0.4 is 9.47 Å². The van der Waals surface area contributed by atoms with E-state index in [2.05, 4.69) is 9.30 Å². The van der Waals surface area contributed by atoms with Gasteiger partial charge in [-0.2, -0.15) is 0 Å². The Labute approximate surface area is 193 Å². The summed E-state index contributed by atoms with van der Waals surface area (Å²) >= 11 is 6.19. The number of piperidine rings is 1. The third-order valence-corrected chi connectivity index (χ3v) is 6.46. The molecule has 172 valence electrons. The Balaban J connectivity index is 1.35. The van der Waals surface area contributed by atoms with Gasteiger partial charge in [0.05, 0.1) is 11.4 Å². The van der Waals surface area contributed by atoms with E-state index >= 15 is 0 Å². The summed E-state index contributed by atoms with van der Waals surface area (Å²) in [5, 5.41) is 0.584. The lowest BCUT2D eigenvalue weighted by Crippen LogP contribution is -2.50. The Kier molecular flexibility index (Phi) is 5.08. The van der Waals surface area contributed by atoms with Crippen molar-refractivity contribution in [3.05, 3.63) is 76.6 Å². The SMILES string of the molecule is Cc1cc(OC(F)(F)F)ccc1C(=O)N1CCC2(CC1)Oc1cc(Cl)ccc1-n1cccc12. The minimum Gasteiger partial charge on any atom is -0.479 e. The number of aromatic nitrogens is 1. The maximum Gasteiger partial charge on any atom is 0.573 e. The molecule has 2 aliphatic heterocycles. The lowest BCUT2D eigenvalue weighted by atomic mass is 9.86. The van der Waals surface area contributed by atoms with Crippen LogP contribution in [0.3, 0.4) is 0 Å². The van der Waals surface area contributed by atoms with Gasteiger partial charge in [0, 0.05) is 48.8 Å². The van der Waals surface area contributed by atoms with E-state index in [1.807, 2.05) is 30.5 Å². The Morgan fingerprint density at radius 1 is 1.12 bits per heavy atom. The average molecular weight is 477 g/mol. The number of carbonyl (C=O) groups excluding carboxylic acids is 1. The number of rotatable bonds is 2. The maximum absolute atomic E-state index is 13.1. The van der Waals surface area contributed by atoms with Crippen molar-refractivity contribution in [3.8, 4) is 17.2 Å². The minimum absolute atomic E-state index is 0.226. The number of benzene rings is 2. The van der Waals surface area contributed by atoms with E-state index in [0.29, 0.717) is 47.8 Å². The van der Waals surface area contributed by atoms with Crippen molar-refractivity contribution in [3.63, 3.8) is 0 Å². The summed E-state index contributed by atoms with van der Waals surface area (Å²) in [6, 6.07) is 13.3. The number of likely N-dealkylation sites (tertiary alicyclic amines) is 1. The molecule has 33 heavy (non-hydrogen) atoms. The van der Waals surface area contributed by atoms with Gasteiger partial charge in [-0.15, -0.1) is 13.2 Å². The molecule has 0 radical (unpaired) electrons. The highest BCUT2D eigenvalue weighted by Gasteiger charge is 2.44. The molecular weight excluding hydrogens is 457 g/mol. The predicted molar refractivity (Wildman–Crippen MR) is 116 cm³/mol. The molecule has 0 bridgehead atoms. The molecule has 0 atom stereocenters. The highest BCUT2D eigenvalue weighted by Crippen LogP contribution is 2.46. The van der Waals surface area contributed by atoms with Gasteiger partial charge in [0.25, 0.3) is 5.91 Å². The van der Waals surface area contributed by atoms with Crippen LogP contribution >= 0.6 is 11.6 Å². The van der Waals surface area contributed by atoms with Crippen LogP contribution in [-0.2, 0) is 5.60 Å². The topological polar surface area (TPSA) is 43.7 Å². The fourth-order valence-corrected chi connectivity index (χ4v) is 4.83. The third-order valence-electron chi connectivity index (χ3n) is 6.22. The molecule has 2 aromatic carbocycles. The second-order valence-electron chi connectivity index (χ2n) is 8.29. The summed E-state index contributed by atoms with van der Waals surface area (Å²) < 4.78 is 49.9. The molecular formula is C24H20ClF3N2O3. The minimum atomic E-state index is -4.78. The van der Waals surface area contributed by atoms with E-state index in [-0.39, 0.29) is 11.7 Å². The summed E-state index contributed by atoms with van der Waals surface area (Å²) in [5.41, 5.74) is 2.13. The quantitative estimate of drug-likeness (QED) is 0.465. The summed E-state index contributed by atoms with van der Waals surface area (Å²) in [6.45, 7) is 2.49. The van der Waals surface area contributed by atoms with Gasteiger partial charge in [-0.05, 0) is 55.0 Å². The molecule has 1 fully saturated rings. The predicted octanol–water partition coefficient (Wildman–Crippen LogP) is 5.86. The lowest BCUT2D eigenvalue weighted by molar-refractivity contribution is -0.274. The first-order valence-corrected chi connectivity index (χ1v) is 10.9. The first-order valence-electron chi connectivity index (χ1n) is 10.5. The van der Waals surface area contributed by atoms with Crippen molar-refractivity contribution in [2.75, 3.05) is 13.1 Å². The van der Waals surface area contributed by atoms with Crippen molar-refractivity contribution in [2.24, 2.45) is 0 Å². The Hall–Kier alpha value is -3.13. The van der Waals surface area contributed by atoms with Gasteiger partial charge in [0.2, 0.25) is 0 Å². The molecule has 0 unspecified atom stereocenters. The average Bonchev–Trinajstić information content (AvgIpc) is 3.24. The maximum atomic E-state index is 13.1. The molecule has 5 rings (SSSR count). The van der Waals surface area contributed by atoms with Gasteiger partial charge < -0.3 is 18.9 Å². The Morgan fingerprint density at radius 2 is 1.88 bits per heavy atom. The standard InChI is InChI=1S/C24H20ClF3N2O3/c1-15-13-17(32-24(26,27)28)5-6-18(15)22(31)29-11-8-23(9-12-29)21-3-2-10-30(21)19-7-4-16(25)14-20(19)33-23/h2-7,10,13-14H,8-9,11-12H2,1H3. The van der Waals surface area contributed by atoms with E-state index in [9.17, 15) is 18.0 Å². The number of hydrogen-bond acceptors (Lipinski definition) is 3. The summed E-state index contributed by atoms with van der Waals surface area (Å²) in [7, 11) is 0. The fraction of sp³-hybridized carbons (Fsp3) is 0.292. The molecule has 1 spiro atoms. The van der Waals surface area contributed by atoms with Gasteiger partial charge >= 0.3 is 6.36 Å². The van der Waals surface area contributed by atoms with Crippen LogP contribution in [-0.4, -0.2) is 34.8 Å². The smallest absolute Gasteiger partial charge is 0.479 e. The second kappa shape index (κ2) is 7.73. The van der Waals surface area contributed by atoms with Crippen molar-refractivity contribution >= 4 is 17.5 Å². The number of aryl methyl sites for hydroxylation is 1. The number of carbonyl (C=O) groups is 1. The van der Waals surface area contributed by atoms with Gasteiger partial charge in [-0.1, -0.05) is 11.6 Å². The van der Waals surface area contributed by atoms with Gasteiger partial charge in [-0.3, -0.25) is 4.79 Å². The molecule has 0 saturated carbocycles. The summed E-state index contributed by atoms with van der Waals surface area (Å²) in [4.78, 5) is 14.8. The normalized spacial score (nSPS) is 16.7. The molecule has 3 aromatic rings. The van der Waals surface area contributed by atoms with E-state index in [0.717, 1.165) is 17.4 Å². The van der Waals surface area contributed by atoms with E-state index in [4.69, 9.17) is 16.3 Å². The molecule has 1 aromatic heterocycles. The number of halogens is 4. The number of amides is 1. The van der Waals surface area contributed by atoms with Crippen LogP contribution in [0, 0.1) is 6.92 Å². The first-order chi connectivity index (χ1) is 15.7. The Morgan fingerprint density at radius 3 is 2.58 bits per heavy atom. The van der Waals surface area contributed by atoms with E-state index in [1.165, 1.54) is 12.1 Å². The lowest BCUT2D eigenvalue weighted by Gasteiger charge is -2.45. The summed E-state index contributed by atoms with van der Waals surface area (Å²) in [5.74, 6) is 0.125. The molecule has 5 nitrogen and oxygen atoms in total. The molecule has 1 amide bonds. The highest BCUT2D eigenvalue weighted by molar-refractivity contribution is 6.30. The van der Waals surface area contributed by atoms with Crippen LogP contribution in [0.4, 0.5) is 13.2 Å². The highest BCUT2D eigenvalue weighted by atomic mass is 35.5. The zero-order chi connectivity index (χ0) is 23.4. The fourth-order valence-electron chi connectivity index (χ4n) is 4.67. The first kappa shape index (κ1) is 21.7. The monoisotopic (exact) mass is 476 g/mol. The molecule has 1 saturated heterocycles. The van der Waals surface area contributed by atoms with Crippen molar-refractivity contribution in [1.29, 1.82) is 0 Å². The third kappa shape index (κ3) is 3.93. The second-order valence-corrected chi connectivity index (χ2v) is 8.72. The van der Waals surface area contributed by atoms with E-state index < -0.39 is 12.0 Å². The summed E-state index contributed by atoms with van der Waals surface area (Å²) in [6.07, 6.45) is -1.65. The molecule has 0 N–H and O–H groups in total. The van der Waals surface area contributed by atoms with Crippen LogP contribution in [0.1, 0.15) is 34.5 Å².